The van der Waals surface area contributed by atoms with E-state index in [0.29, 0.717) is 12.2 Å². The summed E-state index contributed by atoms with van der Waals surface area (Å²) in [5.41, 5.74) is 2.30. The van der Waals surface area contributed by atoms with E-state index in [2.05, 4.69) is 26.9 Å². The molecule has 3 nitrogen and oxygen atoms in total. The third kappa shape index (κ3) is 3.65. The molecule has 1 heterocycles. The average Bonchev–Trinajstić information content (AvgIpc) is 2.54. The minimum absolute atomic E-state index is 0.0610. The fraction of sp³-hybridized carbons (Fsp3) is 0.316. The number of likely N-dealkylation sites (tertiary alicyclic amines) is 1. The number of phenolic OH excluding ortho intramolecular Hbond substituents is 1. The summed E-state index contributed by atoms with van der Waals surface area (Å²) in [6.45, 7) is 3.53. The average molecular weight is 374 g/mol. The molecule has 2 aromatic rings. The van der Waals surface area contributed by atoms with E-state index in [4.69, 9.17) is 0 Å². The molecule has 4 heteroatoms. The second-order valence-electron chi connectivity index (χ2n) is 6.20. The number of Topliss-reactive ketones (excluding diaryl/α,β-unsaturated/α-hetero) is 1. The summed E-state index contributed by atoms with van der Waals surface area (Å²) in [5, 5.41) is 9.44. The van der Waals surface area contributed by atoms with Crippen LogP contribution in [0.15, 0.2) is 53.0 Å². The first kappa shape index (κ1) is 16.2. The normalized spacial score (nSPS) is 22.3. The molecule has 1 aliphatic rings. The van der Waals surface area contributed by atoms with Crippen LogP contribution in [-0.4, -0.2) is 22.3 Å². The first-order chi connectivity index (χ1) is 11.0. The van der Waals surface area contributed by atoms with Gasteiger partial charge in [-0.1, -0.05) is 53.2 Å². The summed E-state index contributed by atoms with van der Waals surface area (Å²) in [5.74, 6) is 0.664. The maximum absolute atomic E-state index is 12.3. The van der Waals surface area contributed by atoms with E-state index >= 15 is 0 Å². The third-order valence-corrected chi connectivity index (χ3v) is 5.20. The van der Waals surface area contributed by atoms with Crippen LogP contribution in [0.4, 0.5) is 0 Å². The molecule has 1 N–H and O–H groups in total. The van der Waals surface area contributed by atoms with Gasteiger partial charge >= 0.3 is 0 Å². The highest BCUT2D eigenvalue weighted by atomic mass is 79.9. The maximum Gasteiger partial charge on any atom is 0.138 e. The van der Waals surface area contributed by atoms with Gasteiger partial charge in [-0.05, 0) is 29.3 Å². The molecule has 0 aliphatic carbocycles. The van der Waals surface area contributed by atoms with Crippen molar-refractivity contribution < 1.29 is 9.90 Å². The van der Waals surface area contributed by atoms with Gasteiger partial charge in [0.15, 0.2) is 0 Å². The summed E-state index contributed by atoms with van der Waals surface area (Å²) in [6, 6.07) is 15.5. The number of rotatable bonds is 3. The number of halogens is 1. The van der Waals surface area contributed by atoms with Gasteiger partial charge in [-0.25, -0.2) is 0 Å². The Bertz CT molecular complexity index is 699. The largest absolute Gasteiger partial charge is 0.508 e. The number of piperidine rings is 1. The van der Waals surface area contributed by atoms with Crippen LogP contribution < -0.4 is 0 Å². The van der Waals surface area contributed by atoms with E-state index in [1.807, 2.05) is 37.3 Å². The molecular formula is C19H20BrNO2. The summed E-state index contributed by atoms with van der Waals surface area (Å²) in [6.07, 6.45) is 0.544. The topological polar surface area (TPSA) is 40.5 Å². The SMILES string of the molecule is C[C@H]1CN(Cc2ccc(O)cc2)[C@H](c2ccccc2Br)CC1=O. The zero-order valence-electron chi connectivity index (χ0n) is 13.1. The monoisotopic (exact) mass is 373 g/mol. The number of carbonyl (C=O) groups is 1. The number of aromatic hydroxyl groups is 1. The van der Waals surface area contributed by atoms with Crippen LogP contribution >= 0.6 is 15.9 Å². The molecule has 2 atom stereocenters. The van der Waals surface area contributed by atoms with E-state index in [0.717, 1.165) is 28.7 Å². The quantitative estimate of drug-likeness (QED) is 0.871. The molecule has 3 rings (SSSR count). The van der Waals surface area contributed by atoms with Gasteiger partial charge in [0.05, 0.1) is 0 Å². The van der Waals surface area contributed by atoms with Crippen molar-refractivity contribution in [1.29, 1.82) is 0 Å². The maximum atomic E-state index is 12.3. The van der Waals surface area contributed by atoms with E-state index in [-0.39, 0.29) is 17.7 Å². The lowest BCUT2D eigenvalue weighted by atomic mass is 9.88. The predicted octanol–water partition coefficient (Wildman–Crippen LogP) is 4.31. The lowest BCUT2D eigenvalue weighted by Gasteiger charge is -2.38. The molecule has 2 aromatic carbocycles. The van der Waals surface area contributed by atoms with E-state index in [9.17, 15) is 9.90 Å². The summed E-state index contributed by atoms with van der Waals surface area (Å²) in [7, 11) is 0. The van der Waals surface area contributed by atoms with E-state index < -0.39 is 0 Å². The minimum Gasteiger partial charge on any atom is -0.508 e. The zero-order valence-corrected chi connectivity index (χ0v) is 14.7. The van der Waals surface area contributed by atoms with Crippen LogP contribution in [0.2, 0.25) is 0 Å². The van der Waals surface area contributed by atoms with Crippen LogP contribution in [0.5, 0.6) is 5.75 Å². The summed E-state index contributed by atoms with van der Waals surface area (Å²) < 4.78 is 1.04. The molecule has 1 saturated heterocycles. The second kappa shape index (κ2) is 6.85. The van der Waals surface area contributed by atoms with Crippen molar-refractivity contribution in [2.75, 3.05) is 6.54 Å². The van der Waals surface area contributed by atoms with Crippen molar-refractivity contribution in [3.63, 3.8) is 0 Å². The van der Waals surface area contributed by atoms with Gasteiger partial charge in [0.2, 0.25) is 0 Å². The van der Waals surface area contributed by atoms with Crippen LogP contribution in [0.1, 0.15) is 30.5 Å². The number of phenols is 1. The molecule has 0 bridgehead atoms. The Morgan fingerprint density at radius 1 is 1.17 bits per heavy atom. The number of hydrogen-bond donors (Lipinski definition) is 1. The molecular weight excluding hydrogens is 354 g/mol. The van der Waals surface area contributed by atoms with Gasteiger partial charge in [0.1, 0.15) is 11.5 Å². The van der Waals surface area contributed by atoms with Crippen LogP contribution in [0, 0.1) is 5.92 Å². The fourth-order valence-electron chi connectivity index (χ4n) is 3.16. The Kier molecular flexibility index (Phi) is 4.83. The molecule has 1 fully saturated rings. The predicted molar refractivity (Wildman–Crippen MR) is 94.2 cm³/mol. The van der Waals surface area contributed by atoms with Gasteiger partial charge in [-0.15, -0.1) is 0 Å². The summed E-state index contributed by atoms with van der Waals surface area (Å²) in [4.78, 5) is 14.6. The van der Waals surface area contributed by atoms with Crippen molar-refractivity contribution in [3.05, 3.63) is 64.1 Å². The van der Waals surface area contributed by atoms with Crippen LogP contribution in [0.3, 0.4) is 0 Å². The molecule has 0 radical (unpaired) electrons. The molecule has 23 heavy (non-hydrogen) atoms. The number of nitrogens with zero attached hydrogens (tertiary/aromatic N) is 1. The lowest BCUT2D eigenvalue weighted by Crippen LogP contribution is -2.41. The Balaban J connectivity index is 1.89. The highest BCUT2D eigenvalue weighted by Gasteiger charge is 2.33. The third-order valence-electron chi connectivity index (χ3n) is 4.48. The van der Waals surface area contributed by atoms with Crippen molar-refractivity contribution in [1.82, 2.24) is 4.90 Å². The Morgan fingerprint density at radius 3 is 2.57 bits per heavy atom. The van der Waals surface area contributed by atoms with Crippen molar-refractivity contribution in [2.45, 2.75) is 25.9 Å². The number of hydrogen-bond acceptors (Lipinski definition) is 3. The minimum atomic E-state index is 0.0610. The Hall–Kier alpha value is -1.65. The molecule has 0 unspecified atom stereocenters. The second-order valence-corrected chi connectivity index (χ2v) is 7.06. The van der Waals surface area contributed by atoms with E-state index in [1.165, 1.54) is 0 Å². The van der Waals surface area contributed by atoms with Crippen LogP contribution in [-0.2, 0) is 11.3 Å². The molecule has 1 aliphatic heterocycles. The van der Waals surface area contributed by atoms with Crippen LogP contribution in [0.25, 0.3) is 0 Å². The Labute approximate surface area is 145 Å². The first-order valence-corrected chi connectivity index (χ1v) is 8.63. The van der Waals surface area contributed by atoms with Gasteiger partial charge in [-0.2, -0.15) is 0 Å². The zero-order chi connectivity index (χ0) is 16.4. The number of benzene rings is 2. The number of carbonyl (C=O) groups excluding carboxylic acids is 1. The highest BCUT2D eigenvalue weighted by Crippen LogP contribution is 2.36. The van der Waals surface area contributed by atoms with Crippen molar-refractivity contribution in [3.8, 4) is 5.75 Å². The van der Waals surface area contributed by atoms with Gasteiger partial charge < -0.3 is 5.11 Å². The fourth-order valence-corrected chi connectivity index (χ4v) is 3.71. The van der Waals surface area contributed by atoms with Gasteiger partial charge in [0.25, 0.3) is 0 Å². The number of ketones is 1. The molecule has 0 aromatic heterocycles. The van der Waals surface area contributed by atoms with Crippen molar-refractivity contribution >= 4 is 21.7 Å². The Morgan fingerprint density at radius 2 is 1.87 bits per heavy atom. The molecule has 0 spiro atoms. The lowest BCUT2D eigenvalue weighted by molar-refractivity contribution is -0.128. The highest BCUT2D eigenvalue weighted by molar-refractivity contribution is 9.10. The van der Waals surface area contributed by atoms with E-state index in [1.54, 1.807) is 12.1 Å². The van der Waals surface area contributed by atoms with Gasteiger partial charge in [-0.3, -0.25) is 9.69 Å². The smallest absolute Gasteiger partial charge is 0.138 e. The van der Waals surface area contributed by atoms with Gasteiger partial charge in [0, 0.05) is 35.9 Å². The molecule has 0 saturated carbocycles. The standard InChI is InChI=1S/C19H20BrNO2/c1-13-11-21(12-14-6-8-15(22)9-7-14)18(10-19(13)23)16-4-2-3-5-17(16)20/h2-9,13,18,22H,10-12H2,1H3/t13-,18-/m0/s1. The summed E-state index contributed by atoms with van der Waals surface area (Å²) >= 11 is 3.62. The van der Waals surface area contributed by atoms with Crippen molar-refractivity contribution in [2.24, 2.45) is 5.92 Å². The molecule has 120 valence electrons. The molecule has 0 amide bonds. The first-order valence-electron chi connectivity index (χ1n) is 7.83.